The van der Waals surface area contributed by atoms with Crippen LogP contribution in [0.1, 0.15) is 28.8 Å². The fourth-order valence-electron chi connectivity index (χ4n) is 1.94. The summed E-state index contributed by atoms with van der Waals surface area (Å²) in [6, 6.07) is 12.0. The first-order chi connectivity index (χ1) is 9.00. The summed E-state index contributed by atoms with van der Waals surface area (Å²) < 4.78 is 26.4. The summed E-state index contributed by atoms with van der Waals surface area (Å²) in [5.74, 6) is -1.73. The lowest BCUT2D eigenvalue weighted by Gasteiger charge is -2.20. The van der Waals surface area contributed by atoms with Gasteiger partial charge in [0.25, 0.3) is 0 Å². The molecule has 0 saturated heterocycles. The molecule has 0 amide bonds. The first kappa shape index (κ1) is 14.5. The van der Waals surface area contributed by atoms with Gasteiger partial charge in [0.15, 0.2) is 11.6 Å². The van der Waals surface area contributed by atoms with Crippen molar-refractivity contribution >= 4 is 27.5 Å². The molecule has 0 spiro atoms. The van der Waals surface area contributed by atoms with Crippen LogP contribution in [-0.2, 0) is 0 Å². The van der Waals surface area contributed by atoms with Gasteiger partial charge in [-0.25, -0.2) is 8.78 Å². The molecule has 2 unspecified atom stereocenters. The second-order valence-electron chi connectivity index (χ2n) is 4.39. The molecule has 0 fully saturated rings. The Hall–Kier alpha value is -0.930. The van der Waals surface area contributed by atoms with Crippen molar-refractivity contribution < 1.29 is 8.78 Å². The highest BCUT2D eigenvalue weighted by Crippen LogP contribution is 2.41. The van der Waals surface area contributed by atoms with Gasteiger partial charge in [-0.15, -0.1) is 0 Å². The van der Waals surface area contributed by atoms with Crippen molar-refractivity contribution in [3.8, 4) is 0 Å². The Kier molecular flexibility index (Phi) is 4.58. The smallest absolute Gasteiger partial charge is 0.160 e. The third-order valence-electron chi connectivity index (χ3n) is 3.10. The van der Waals surface area contributed by atoms with E-state index in [0.717, 1.165) is 17.7 Å². The fourth-order valence-corrected chi connectivity index (χ4v) is 3.03. The fraction of sp³-hybridized carbons (Fsp3) is 0.200. The predicted molar refractivity (Wildman–Crippen MR) is 77.9 cm³/mol. The normalized spacial score (nSPS) is 14.2. The first-order valence-corrected chi connectivity index (χ1v) is 7.13. The van der Waals surface area contributed by atoms with Gasteiger partial charge in [-0.2, -0.15) is 0 Å². The van der Waals surface area contributed by atoms with E-state index in [0.29, 0.717) is 5.56 Å². The van der Waals surface area contributed by atoms with Gasteiger partial charge in [-0.3, -0.25) is 0 Å². The summed E-state index contributed by atoms with van der Waals surface area (Å²) in [7, 11) is 0. The van der Waals surface area contributed by atoms with Crippen molar-refractivity contribution in [3.05, 3.63) is 70.2 Å². The van der Waals surface area contributed by atoms with Crippen LogP contribution >= 0.6 is 27.5 Å². The molecule has 2 aromatic carbocycles. The minimum absolute atomic E-state index is 0.0866. The maximum atomic E-state index is 13.3. The van der Waals surface area contributed by atoms with E-state index in [-0.39, 0.29) is 15.8 Å². The molecule has 0 aromatic heterocycles. The highest BCUT2D eigenvalue weighted by molar-refractivity contribution is 9.09. The van der Waals surface area contributed by atoms with Gasteiger partial charge in [0.1, 0.15) is 0 Å². The molecule has 0 N–H and O–H groups in total. The van der Waals surface area contributed by atoms with E-state index in [1.807, 2.05) is 37.3 Å². The van der Waals surface area contributed by atoms with Crippen LogP contribution in [0.15, 0.2) is 42.5 Å². The van der Waals surface area contributed by atoms with Gasteiger partial charge >= 0.3 is 0 Å². The molecule has 0 aliphatic carbocycles. The van der Waals surface area contributed by atoms with E-state index < -0.39 is 11.6 Å². The van der Waals surface area contributed by atoms with Gasteiger partial charge < -0.3 is 0 Å². The van der Waals surface area contributed by atoms with Crippen LogP contribution in [0.3, 0.4) is 0 Å². The van der Waals surface area contributed by atoms with Crippen LogP contribution in [-0.4, -0.2) is 0 Å². The lowest BCUT2D eigenvalue weighted by atomic mass is 9.93. The highest BCUT2D eigenvalue weighted by Gasteiger charge is 2.22. The molecule has 19 heavy (non-hydrogen) atoms. The van der Waals surface area contributed by atoms with E-state index in [4.69, 9.17) is 11.6 Å². The lowest BCUT2D eigenvalue weighted by Crippen LogP contribution is -2.04. The van der Waals surface area contributed by atoms with Crippen molar-refractivity contribution in [3.63, 3.8) is 0 Å². The summed E-state index contributed by atoms with van der Waals surface area (Å²) in [5.41, 5.74) is 1.65. The van der Waals surface area contributed by atoms with Crippen molar-refractivity contribution in [1.29, 1.82) is 0 Å². The molecule has 2 atom stereocenters. The molecule has 0 heterocycles. The number of halogens is 4. The zero-order valence-corrected chi connectivity index (χ0v) is 12.5. The van der Waals surface area contributed by atoms with E-state index in [1.165, 1.54) is 0 Å². The number of hydrogen-bond acceptors (Lipinski definition) is 0. The Labute approximate surface area is 124 Å². The zero-order chi connectivity index (χ0) is 14.0. The van der Waals surface area contributed by atoms with Crippen LogP contribution < -0.4 is 0 Å². The van der Waals surface area contributed by atoms with Gasteiger partial charge in [-0.1, -0.05) is 64.8 Å². The Morgan fingerprint density at radius 2 is 1.63 bits per heavy atom. The third kappa shape index (κ3) is 3.15. The van der Waals surface area contributed by atoms with Crippen LogP contribution in [0.25, 0.3) is 0 Å². The molecule has 0 saturated carbocycles. The second kappa shape index (κ2) is 6.02. The Balaban J connectivity index is 2.34. The summed E-state index contributed by atoms with van der Waals surface area (Å²) >= 11 is 9.52. The van der Waals surface area contributed by atoms with E-state index in [9.17, 15) is 8.78 Å². The van der Waals surface area contributed by atoms with Gasteiger partial charge in [0, 0.05) is 9.85 Å². The molecule has 0 aliphatic rings. The van der Waals surface area contributed by atoms with Gasteiger partial charge in [0.05, 0.1) is 0 Å². The van der Waals surface area contributed by atoms with Crippen LogP contribution in [0.5, 0.6) is 0 Å². The zero-order valence-electron chi connectivity index (χ0n) is 10.2. The number of alkyl halides is 1. The van der Waals surface area contributed by atoms with Crippen molar-refractivity contribution in [2.75, 3.05) is 0 Å². The number of benzene rings is 2. The SMILES string of the molecule is CC(c1ccccc1)C(Br)c1cc(F)c(F)cc1Cl. The van der Waals surface area contributed by atoms with E-state index in [2.05, 4.69) is 15.9 Å². The number of rotatable bonds is 3. The quantitative estimate of drug-likeness (QED) is 0.483. The predicted octanol–water partition coefficient (Wildman–Crippen LogP) is 5.86. The van der Waals surface area contributed by atoms with Crippen molar-refractivity contribution in [2.24, 2.45) is 0 Å². The Morgan fingerprint density at radius 1 is 1.05 bits per heavy atom. The second-order valence-corrected chi connectivity index (χ2v) is 5.78. The third-order valence-corrected chi connectivity index (χ3v) is 4.71. The minimum Gasteiger partial charge on any atom is -0.204 e. The minimum atomic E-state index is -0.930. The molecule has 2 rings (SSSR count). The topological polar surface area (TPSA) is 0 Å². The molecule has 0 bridgehead atoms. The molecule has 0 nitrogen and oxygen atoms in total. The highest BCUT2D eigenvalue weighted by atomic mass is 79.9. The summed E-state index contributed by atoms with van der Waals surface area (Å²) in [5, 5.41) is 0.226. The van der Waals surface area contributed by atoms with E-state index in [1.54, 1.807) is 0 Å². The van der Waals surface area contributed by atoms with Crippen molar-refractivity contribution in [1.82, 2.24) is 0 Å². The molecule has 0 aliphatic heterocycles. The summed E-state index contributed by atoms with van der Waals surface area (Å²) in [6.45, 7) is 2.01. The van der Waals surface area contributed by atoms with E-state index >= 15 is 0 Å². The molecular weight excluding hydrogens is 334 g/mol. The van der Waals surface area contributed by atoms with Gasteiger partial charge in [-0.05, 0) is 29.2 Å². The van der Waals surface area contributed by atoms with Gasteiger partial charge in [0.2, 0.25) is 0 Å². The standard InChI is InChI=1S/C15H12BrClF2/c1-9(10-5-3-2-4-6-10)15(16)11-7-13(18)14(19)8-12(11)17/h2-9,15H,1H3. The largest absolute Gasteiger partial charge is 0.204 e. The Bertz CT molecular complexity index is 572. The average Bonchev–Trinajstić information content (AvgIpc) is 2.42. The molecular formula is C15H12BrClF2. The molecule has 4 heteroatoms. The lowest BCUT2D eigenvalue weighted by molar-refractivity contribution is 0.506. The summed E-state index contributed by atoms with van der Waals surface area (Å²) in [4.78, 5) is -0.183. The van der Waals surface area contributed by atoms with Crippen molar-refractivity contribution in [2.45, 2.75) is 17.7 Å². The number of hydrogen-bond donors (Lipinski definition) is 0. The monoisotopic (exact) mass is 344 g/mol. The Morgan fingerprint density at radius 3 is 2.26 bits per heavy atom. The van der Waals surface area contributed by atoms with Crippen LogP contribution in [0.2, 0.25) is 5.02 Å². The molecule has 2 aromatic rings. The maximum absolute atomic E-state index is 13.3. The average molecular weight is 346 g/mol. The van der Waals surface area contributed by atoms with Crippen LogP contribution in [0.4, 0.5) is 8.78 Å². The first-order valence-electron chi connectivity index (χ1n) is 5.84. The maximum Gasteiger partial charge on any atom is 0.160 e. The summed E-state index contributed by atoms with van der Waals surface area (Å²) in [6.07, 6.45) is 0. The van der Waals surface area contributed by atoms with Crippen LogP contribution in [0, 0.1) is 11.6 Å². The molecule has 100 valence electrons. The molecule has 0 radical (unpaired) electrons.